The van der Waals surface area contributed by atoms with Crippen molar-refractivity contribution in [2.45, 2.75) is 52.4 Å². The molecule has 0 amide bonds. The molecule has 2 heterocycles. The van der Waals surface area contributed by atoms with Gasteiger partial charge in [0, 0.05) is 36.3 Å². The maximum Gasteiger partial charge on any atom is 0.414 e. The molecule has 160 valence electrons. The van der Waals surface area contributed by atoms with Crippen LogP contribution in [0.2, 0.25) is 0 Å². The van der Waals surface area contributed by atoms with Crippen LogP contribution in [0.3, 0.4) is 0 Å². The van der Waals surface area contributed by atoms with Crippen molar-refractivity contribution in [3.63, 3.8) is 0 Å². The second-order valence-corrected chi connectivity index (χ2v) is 7.40. The smallest absolute Gasteiger partial charge is 0.414 e. The third-order valence-corrected chi connectivity index (χ3v) is 5.15. The molecule has 1 aliphatic heterocycles. The fourth-order valence-corrected chi connectivity index (χ4v) is 3.49. The monoisotopic (exact) mass is 406 g/mol. The van der Waals surface area contributed by atoms with Gasteiger partial charge in [-0.15, -0.1) is 0 Å². The largest absolute Gasteiger partial charge is 0.473 e. The minimum atomic E-state index is -1.82. The van der Waals surface area contributed by atoms with Gasteiger partial charge < -0.3 is 29.9 Å². The highest BCUT2D eigenvalue weighted by molar-refractivity contribution is 6.27. The number of nitrogens with one attached hydrogen (secondary N) is 1. The fraction of sp³-hybridized carbons (Fsp3) is 0.524. The van der Waals surface area contributed by atoms with Crippen molar-refractivity contribution in [2.75, 3.05) is 19.7 Å². The number of carboxylic acid groups (broad SMARTS) is 2. The summed E-state index contributed by atoms with van der Waals surface area (Å²) in [6, 6.07) is 6.53. The number of hydrogen-bond acceptors (Lipinski definition) is 5. The van der Waals surface area contributed by atoms with Gasteiger partial charge in [0.25, 0.3) is 0 Å². The first-order valence-electron chi connectivity index (χ1n) is 9.73. The maximum atomic E-state index is 10.4. The van der Waals surface area contributed by atoms with Gasteiger partial charge in [0.2, 0.25) is 0 Å². The third kappa shape index (κ3) is 6.28. The highest BCUT2D eigenvalue weighted by Gasteiger charge is 2.17. The van der Waals surface area contributed by atoms with Crippen molar-refractivity contribution in [2.24, 2.45) is 0 Å². The molecule has 1 saturated heterocycles. The highest BCUT2D eigenvalue weighted by Crippen LogP contribution is 2.26. The number of aryl methyl sites for hydroxylation is 2. The second-order valence-electron chi connectivity index (χ2n) is 7.40. The van der Waals surface area contributed by atoms with Crippen LogP contribution in [0.5, 0.6) is 0 Å². The van der Waals surface area contributed by atoms with Crippen molar-refractivity contribution >= 4 is 22.8 Å². The van der Waals surface area contributed by atoms with Gasteiger partial charge in [-0.3, -0.25) is 0 Å². The number of nitrogens with zero attached hydrogens (tertiary/aromatic N) is 1. The Morgan fingerprint density at radius 2 is 1.93 bits per heavy atom. The minimum absolute atomic E-state index is 0.321. The first-order chi connectivity index (χ1) is 13.7. The number of ether oxygens (including phenoxy) is 1. The van der Waals surface area contributed by atoms with E-state index in [1.165, 1.54) is 27.7 Å². The molecule has 1 aromatic carbocycles. The Bertz CT molecular complexity index is 842. The molecule has 2 unspecified atom stereocenters. The molecule has 8 heteroatoms. The molecule has 0 aliphatic carbocycles. The minimum Gasteiger partial charge on any atom is -0.473 e. The lowest BCUT2D eigenvalue weighted by Gasteiger charge is -2.17. The van der Waals surface area contributed by atoms with Crippen LogP contribution in [0.4, 0.5) is 0 Å². The van der Waals surface area contributed by atoms with Crippen LogP contribution in [0.1, 0.15) is 29.7 Å². The molecule has 0 spiro atoms. The van der Waals surface area contributed by atoms with Crippen LogP contribution in [0.15, 0.2) is 18.2 Å². The number of fused-ring (bicyclic) bond motifs is 1. The fourth-order valence-electron chi connectivity index (χ4n) is 3.49. The van der Waals surface area contributed by atoms with Gasteiger partial charge in [0.05, 0.1) is 18.8 Å². The molecule has 0 saturated carbocycles. The van der Waals surface area contributed by atoms with E-state index in [2.05, 4.69) is 48.9 Å². The number of aliphatic hydroxyl groups is 1. The Morgan fingerprint density at radius 3 is 2.52 bits per heavy atom. The SMILES string of the molecule is Cc1ccc2c(c1)c(C)c(C)n2CC(O)CNCC1CCCO1.O=C(O)C(=O)O. The van der Waals surface area contributed by atoms with E-state index in [9.17, 15) is 5.11 Å². The Balaban J connectivity index is 0.000000438. The first-order valence-corrected chi connectivity index (χ1v) is 9.73. The number of carbonyl (C=O) groups is 2. The highest BCUT2D eigenvalue weighted by atomic mass is 16.5. The number of benzene rings is 1. The second kappa shape index (κ2) is 10.4. The number of aromatic nitrogens is 1. The van der Waals surface area contributed by atoms with Crippen LogP contribution in [-0.2, 0) is 20.9 Å². The Hall–Kier alpha value is -2.42. The van der Waals surface area contributed by atoms with Crippen molar-refractivity contribution < 1.29 is 29.6 Å². The van der Waals surface area contributed by atoms with Gasteiger partial charge in [0.1, 0.15) is 0 Å². The van der Waals surface area contributed by atoms with Gasteiger partial charge in [-0.1, -0.05) is 11.6 Å². The zero-order valence-electron chi connectivity index (χ0n) is 17.1. The molecule has 8 nitrogen and oxygen atoms in total. The molecule has 1 aliphatic rings. The standard InChI is InChI=1S/C19H28N2O2.C2H2O4/c1-13-6-7-19-18(9-13)14(2)15(3)21(19)12-16(22)10-20-11-17-5-4-8-23-17;3-1(4)2(5)6/h6-7,9,16-17,20,22H,4-5,8,10-12H2,1-3H3;(H,3,4)(H,5,6). The number of aliphatic hydroxyl groups excluding tert-OH is 1. The summed E-state index contributed by atoms with van der Waals surface area (Å²) in [5, 5.41) is 29.8. The van der Waals surface area contributed by atoms with E-state index >= 15 is 0 Å². The molecule has 3 rings (SSSR count). The molecule has 1 aromatic heterocycles. The molecule has 4 N–H and O–H groups in total. The van der Waals surface area contributed by atoms with Crippen LogP contribution in [-0.4, -0.2) is 63.7 Å². The summed E-state index contributed by atoms with van der Waals surface area (Å²) >= 11 is 0. The van der Waals surface area contributed by atoms with Crippen LogP contribution >= 0.6 is 0 Å². The van der Waals surface area contributed by atoms with E-state index in [0.717, 1.165) is 26.0 Å². The summed E-state index contributed by atoms with van der Waals surface area (Å²) in [5.74, 6) is -3.65. The van der Waals surface area contributed by atoms with Gasteiger partial charge in [0.15, 0.2) is 0 Å². The molecule has 2 atom stereocenters. The van der Waals surface area contributed by atoms with Gasteiger partial charge in [-0.05, 0) is 51.3 Å². The topological polar surface area (TPSA) is 121 Å². The number of rotatable bonds is 6. The summed E-state index contributed by atoms with van der Waals surface area (Å²) in [5.41, 5.74) is 5.03. The number of hydrogen-bond donors (Lipinski definition) is 4. The Kier molecular flexibility index (Phi) is 8.19. The maximum absolute atomic E-state index is 10.4. The van der Waals surface area contributed by atoms with Crippen LogP contribution in [0, 0.1) is 20.8 Å². The lowest BCUT2D eigenvalue weighted by molar-refractivity contribution is -0.159. The van der Waals surface area contributed by atoms with Crippen LogP contribution < -0.4 is 5.32 Å². The lowest BCUT2D eigenvalue weighted by Crippen LogP contribution is -2.35. The zero-order chi connectivity index (χ0) is 21.6. The summed E-state index contributed by atoms with van der Waals surface area (Å²) in [6.07, 6.45) is 2.21. The molecule has 0 radical (unpaired) electrons. The first kappa shape index (κ1) is 22.9. The average Bonchev–Trinajstić information content (AvgIpc) is 3.25. The Morgan fingerprint density at radius 1 is 1.24 bits per heavy atom. The van der Waals surface area contributed by atoms with Crippen molar-refractivity contribution in [3.05, 3.63) is 35.0 Å². The van der Waals surface area contributed by atoms with Gasteiger partial charge in [-0.25, -0.2) is 9.59 Å². The van der Waals surface area contributed by atoms with E-state index in [-0.39, 0.29) is 0 Å². The lowest BCUT2D eigenvalue weighted by atomic mass is 10.1. The molecular formula is C21H30N2O6. The predicted molar refractivity (Wildman–Crippen MR) is 109 cm³/mol. The summed E-state index contributed by atoms with van der Waals surface area (Å²) < 4.78 is 7.83. The van der Waals surface area contributed by atoms with E-state index in [1.807, 2.05) is 0 Å². The van der Waals surface area contributed by atoms with Crippen molar-refractivity contribution in [1.29, 1.82) is 0 Å². The number of carboxylic acids is 2. The summed E-state index contributed by atoms with van der Waals surface area (Å²) in [7, 11) is 0. The van der Waals surface area contributed by atoms with Crippen molar-refractivity contribution in [3.8, 4) is 0 Å². The quantitative estimate of drug-likeness (QED) is 0.540. The average molecular weight is 406 g/mol. The van der Waals surface area contributed by atoms with E-state index < -0.39 is 18.0 Å². The predicted octanol–water partition coefficient (Wildman–Crippen LogP) is 1.85. The molecule has 29 heavy (non-hydrogen) atoms. The molecular weight excluding hydrogens is 376 g/mol. The van der Waals surface area contributed by atoms with E-state index in [1.54, 1.807) is 0 Å². The van der Waals surface area contributed by atoms with Gasteiger partial charge >= 0.3 is 11.9 Å². The normalized spacial score (nSPS) is 17.0. The molecule has 0 bridgehead atoms. The molecule has 2 aromatic rings. The van der Waals surface area contributed by atoms with Crippen molar-refractivity contribution in [1.82, 2.24) is 9.88 Å². The zero-order valence-corrected chi connectivity index (χ0v) is 17.1. The Labute approximate surface area is 170 Å². The van der Waals surface area contributed by atoms with Gasteiger partial charge in [-0.2, -0.15) is 0 Å². The third-order valence-electron chi connectivity index (χ3n) is 5.15. The van der Waals surface area contributed by atoms with E-state index in [0.29, 0.717) is 19.2 Å². The summed E-state index contributed by atoms with van der Waals surface area (Å²) in [6.45, 7) is 9.35. The molecule has 1 fully saturated rings. The van der Waals surface area contributed by atoms with E-state index in [4.69, 9.17) is 24.5 Å². The summed E-state index contributed by atoms with van der Waals surface area (Å²) in [4.78, 5) is 18.2. The van der Waals surface area contributed by atoms with Crippen LogP contribution in [0.25, 0.3) is 10.9 Å². The number of aliphatic carboxylic acids is 2.